The molecule has 1 aliphatic carbocycles. The van der Waals surface area contributed by atoms with Crippen LogP contribution in [0.1, 0.15) is 37.8 Å². The van der Waals surface area contributed by atoms with Crippen LogP contribution in [-0.2, 0) is 0 Å². The molecule has 0 spiro atoms. The third-order valence-electron chi connectivity index (χ3n) is 3.82. The molecule has 0 saturated heterocycles. The van der Waals surface area contributed by atoms with Crippen molar-refractivity contribution in [2.45, 2.75) is 38.3 Å². The van der Waals surface area contributed by atoms with Gasteiger partial charge in [0.15, 0.2) is 0 Å². The maximum Gasteiger partial charge on any atom is 0.126 e. The average Bonchev–Trinajstić information content (AvgIpc) is 2.76. The first-order valence-electron chi connectivity index (χ1n) is 6.47. The molecule has 100 valence electrons. The predicted molar refractivity (Wildman–Crippen MR) is 67.8 cm³/mol. The van der Waals surface area contributed by atoms with Crippen LogP contribution in [0, 0.1) is 11.7 Å². The molecule has 4 heteroatoms. The number of hydrogen-bond acceptors (Lipinski definition) is 3. The second kappa shape index (κ2) is 5.67. The Morgan fingerprint density at radius 2 is 2.22 bits per heavy atom. The third-order valence-corrected chi connectivity index (χ3v) is 3.82. The van der Waals surface area contributed by atoms with E-state index >= 15 is 0 Å². The van der Waals surface area contributed by atoms with Crippen molar-refractivity contribution < 1.29 is 14.6 Å². The van der Waals surface area contributed by atoms with Crippen molar-refractivity contribution in [3.05, 3.63) is 29.6 Å². The monoisotopic (exact) mass is 253 g/mol. The van der Waals surface area contributed by atoms with Crippen LogP contribution in [0.25, 0.3) is 0 Å². The zero-order valence-corrected chi connectivity index (χ0v) is 10.6. The molecule has 0 bridgehead atoms. The molecule has 1 saturated carbocycles. The number of benzene rings is 1. The minimum absolute atomic E-state index is 0.0199. The molecule has 1 aromatic rings. The van der Waals surface area contributed by atoms with Crippen LogP contribution in [0.3, 0.4) is 0 Å². The molecule has 1 aromatic carbocycles. The molecule has 18 heavy (non-hydrogen) atoms. The minimum atomic E-state index is -0.433. The van der Waals surface area contributed by atoms with E-state index in [1.165, 1.54) is 6.07 Å². The van der Waals surface area contributed by atoms with Crippen molar-refractivity contribution in [2.24, 2.45) is 5.92 Å². The van der Waals surface area contributed by atoms with E-state index in [1.54, 1.807) is 6.07 Å². The van der Waals surface area contributed by atoms with Gasteiger partial charge in [-0.1, -0.05) is 12.5 Å². The Hall–Kier alpha value is -1.13. The normalized spacial score (nSPS) is 25.3. The highest BCUT2D eigenvalue weighted by molar-refractivity contribution is 5.35. The van der Waals surface area contributed by atoms with Crippen LogP contribution in [0.4, 0.5) is 4.39 Å². The van der Waals surface area contributed by atoms with E-state index in [-0.39, 0.29) is 30.4 Å². The molecule has 3 unspecified atom stereocenters. The number of phenolic OH excluding ortho intramolecular Hbond substituents is 1. The summed E-state index contributed by atoms with van der Waals surface area (Å²) in [6, 6.07) is 4.31. The van der Waals surface area contributed by atoms with Gasteiger partial charge in [0.05, 0.1) is 0 Å². The van der Waals surface area contributed by atoms with Gasteiger partial charge in [0.2, 0.25) is 0 Å². The van der Waals surface area contributed by atoms with Gasteiger partial charge in [0, 0.05) is 30.3 Å². The van der Waals surface area contributed by atoms with Gasteiger partial charge in [-0.3, -0.25) is 0 Å². The summed E-state index contributed by atoms with van der Waals surface area (Å²) in [6.45, 7) is 2.14. The van der Waals surface area contributed by atoms with Crippen LogP contribution in [0.2, 0.25) is 0 Å². The molecular weight excluding hydrogens is 233 g/mol. The van der Waals surface area contributed by atoms with E-state index in [4.69, 9.17) is 0 Å². The van der Waals surface area contributed by atoms with E-state index in [1.807, 2.05) is 6.92 Å². The van der Waals surface area contributed by atoms with Crippen LogP contribution in [0.15, 0.2) is 18.2 Å². The summed E-state index contributed by atoms with van der Waals surface area (Å²) >= 11 is 0. The summed E-state index contributed by atoms with van der Waals surface area (Å²) in [5.74, 6) is -0.166. The maximum atomic E-state index is 12.9. The highest BCUT2D eigenvalue weighted by Gasteiger charge is 2.28. The van der Waals surface area contributed by atoms with Gasteiger partial charge in [0.1, 0.15) is 11.6 Å². The fraction of sp³-hybridized carbons (Fsp3) is 0.571. The van der Waals surface area contributed by atoms with E-state index in [0.717, 1.165) is 25.3 Å². The quantitative estimate of drug-likeness (QED) is 0.772. The smallest absolute Gasteiger partial charge is 0.126 e. The fourth-order valence-electron chi connectivity index (χ4n) is 2.77. The van der Waals surface area contributed by atoms with Gasteiger partial charge in [0.25, 0.3) is 0 Å². The van der Waals surface area contributed by atoms with E-state index < -0.39 is 5.82 Å². The van der Waals surface area contributed by atoms with Crippen molar-refractivity contribution in [3.63, 3.8) is 0 Å². The van der Waals surface area contributed by atoms with Crippen molar-refractivity contribution >= 4 is 0 Å². The highest BCUT2D eigenvalue weighted by Crippen LogP contribution is 2.30. The van der Waals surface area contributed by atoms with Gasteiger partial charge in [-0.25, -0.2) is 4.39 Å². The lowest BCUT2D eigenvalue weighted by molar-refractivity contribution is 0.200. The first-order chi connectivity index (χ1) is 8.61. The topological polar surface area (TPSA) is 52.5 Å². The number of aliphatic hydroxyl groups excluding tert-OH is 1. The molecule has 1 aliphatic rings. The van der Waals surface area contributed by atoms with Gasteiger partial charge in [-0.2, -0.15) is 0 Å². The molecule has 0 amide bonds. The van der Waals surface area contributed by atoms with Crippen LogP contribution in [0.5, 0.6) is 5.75 Å². The highest BCUT2D eigenvalue weighted by atomic mass is 19.1. The lowest BCUT2D eigenvalue weighted by atomic mass is 10.0. The summed E-state index contributed by atoms with van der Waals surface area (Å²) < 4.78 is 12.9. The molecule has 0 radical (unpaired) electrons. The molecule has 3 N–H and O–H groups in total. The van der Waals surface area contributed by atoms with E-state index in [2.05, 4.69) is 5.32 Å². The molecular formula is C14H20FNO2. The molecule has 3 nitrogen and oxygen atoms in total. The number of hydrogen-bond donors (Lipinski definition) is 3. The molecule has 0 aliphatic heterocycles. The van der Waals surface area contributed by atoms with Crippen LogP contribution < -0.4 is 5.32 Å². The number of halogens is 1. The average molecular weight is 253 g/mol. The Kier molecular flexibility index (Phi) is 4.19. The Bertz CT molecular complexity index is 411. The van der Waals surface area contributed by atoms with Crippen molar-refractivity contribution in [3.8, 4) is 5.75 Å². The predicted octanol–water partition coefficient (Wildman–Crippen LogP) is 2.34. The zero-order chi connectivity index (χ0) is 13.1. The lowest BCUT2D eigenvalue weighted by Crippen LogP contribution is -2.35. The molecule has 3 atom stereocenters. The Morgan fingerprint density at radius 1 is 1.44 bits per heavy atom. The zero-order valence-electron chi connectivity index (χ0n) is 10.6. The summed E-state index contributed by atoms with van der Waals surface area (Å²) in [5.41, 5.74) is 0.694. The molecule has 0 heterocycles. The summed E-state index contributed by atoms with van der Waals surface area (Å²) in [4.78, 5) is 0. The molecule has 2 rings (SSSR count). The first-order valence-corrected chi connectivity index (χ1v) is 6.47. The molecule has 0 aromatic heterocycles. The second-order valence-corrected chi connectivity index (χ2v) is 5.07. The summed E-state index contributed by atoms with van der Waals surface area (Å²) in [6.07, 6.45) is 3.19. The van der Waals surface area contributed by atoms with Crippen LogP contribution >= 0.6 is 0 Å². The number of aromatic hydroxyl groups is 1. The minimum Gasteiger partial charge on any atom is -0.508 e. The van der Waals surface area contributed by atoms with Crippen molar-refractivity contribution in [1.82, 2.24) is 5.32 Å². The Balaban J connectivity index is 2.05. The number of nitrogens with one attached hydrogen (secondary N) is 1. The summed E-state index contributed by atoms with van der Waals surface area (Å²) in [7, 11) is 0. The Morgan fingerprint density at radius 3 is 2.89 bits per heavy atom. The van der Waals surface area contributed by atoms with Crippen molar-refractivity contribution in [2.75, 3.05) is 6.61 Å². The van der Waals surface area contributed by atoms with Crippen LogP contribution in [-0.4, -0.2) is 22.9 Å². The van der Waals surface area contributed by atoms with E-state index in [0.29, 0.717) is 5.56 Å². The van der Waals surface area contributed by atoms with Crippen molar-refractivity contribution in [1.29, 1.82) is 0 Å². The Labute approximate surface area is 107 Å². The van der Waals surface area contributed by atoms with Gasteiger partial charge >= 0.3 is 0 Å². The number of rotatable bonds is 4. The fourth-order valence-corrected chi connectivity index (χ4v) is 2.77. The lowest BCUT2D eigenvalue weighted by Gasteiger charge is -2.24. The first kappa shape index (κ1) is 13.3. The third kappa shape index (κ3) is 2.82. The maximum absolute atomic E-state index is 12.9. The number of aliphatic hydroxyl groups is 1. The van der Waals surface area contributed by atoms with E-state index in [9.17, 15) is 14.6 Å². The number of phenols is 1. The SMILES string of the molecule is CC(NC1CCCC1CO)c1ccc(F)cc1O. The van der Waals surface area contributed by atoms with Gasteiger partial charge in [-0.05, 0) is 31.7 Å². The standard InChI is InChI=1S/C14H20FNO2/c1-9(12-6-5-11(15)7-14(12)18)16-13-4-2-3-10(13)8-17/h5-7,9-10,13,16-18H,2-4,8H2,1H3. The second-order valence-electron chi connectivity index (χ2n) is 5.07. The van der Waals surface area contributed by atoms with Gasteiger partial charge < -0.3 is 15.5 Å². The molecule has 1 fully saturated rings. The summed E-state index contributed by atoms with van der Waals surface area (Å²) in [5, 5.41) is 22.4. The largest absolute Gasteiger partial charge is 0.508 e. The van der Waals surface area contributed by atoms with Gasteiger partial charge in [-0.15, -0.1) is 0 Å².